The Morgan fingerprint density at radius 1 is 1.53 bits per heavy atom. The molecule has 2 rings (SSSR count). The van der Waals surface area contributed by atoms with E-state index in [1.165, 1.54) is 12.8 Å². The van der Waals surface area contributed by atoms with Gasteiger partial charge in [-0.3, -0.25) is 9.58 Å². The Balaban J connectivity index is 0.00000144. The normalized spacial score (nSPS) is 17.2. The van der Waals surface area contributed by atoms with Crippen molar-refractivity contribution in [3.05, 3.63) is 16.9 Å². The first-order valence-corrected chi connectivity index (χ1v) is 6.13. The van der Waals surface area contributed by atoms with Crippen molar-refractivity contribution in [2.75, 3.05) is 20.1 Å². The highest BCUT2D eigenvalue weighted by molar-refractivity contribution is 6.31. The number of aryl methyl sites for hydroxylation is 1. The SMILES string of the molecule is CN(Cc1c(Cl)cnn1C)C1CCNCC1.Cl. The van der Waals surface area contributed by atoms with E-state index in [2.05, 4.69) is 22.4 Å². The Morgan fingerprint density at radius 3 is 2.71 bits per heavy atom. The zero-order valence-corrected chi connectivity index (χ0v) is 11.9. The van der Waals surface area contributed by atoms with Gasteiger partial charge in [0.25, 0.3) is 0 Å². The number of aromatic nitrogens is 2. The smallest absolute Gasteiger partial charge is 0.0831 e. The molecule has 0 aromatic carbocycles. The van der Waals surface area contributed by atoms with Gasteiger partial charge in [-0.25, -0.2) is 0 Å². The fourth-order valence-corrected chi connectivity index (χ4v) is 2.45. The zero-order valence-electron chi connectivity index (χ0n) is 10.3. The third-order valence-corrected chi connectivity index (χ3v) is 3.66. The van der Waals surface area contributed by atoms with Crippen molar-refractivity contribution in [2.24, 2.45) is 7.05 Å². The van der Waals surface area contributed by atoms with Crippen LogP contribution in [0.1, 0.15) is 18.5 Å². The van der Waals surface area contributed by atoms with Gasteiger partial charge in [0.05, 0.1) is 16.9 Å². The van der Waals surface area contributed by atoms with Crippen LogP contribution in [0.5, 0.6) is 0 Å². The van der Waals surface area contributed by atoms with Gasteiger partial charge in [-0.1, -0.05) is 11.6 Å². The molecule has 1 N–H and O–H groups in total. The predicted molar refractivity (Wildman–Crippen MR) is 72.8 cm³/mol. The number of nitrogens with one attached hydrogen (secondary N) is 1. The zero-order chi connectivity index (χ0) is 11.5. The number of piperidine rings is 1. The quantitative estimate of drug-likeness (QED) is 0.914. The van der Waals surface area contributed by atoms with Gasteiger partial charge in [0.2, 0.25) is 0 Å². The molecule has 4 nitrogen and oxygen atoms in total. The number of rotatable bonds is 3. The summed E-state index contributed by atoms with van der Waals surface area (Å²) in [5.74, 6) is 0. The Hall–Kier alpha value is -0.290. The lowest BCUT2D eigenvalue weighted by Gasteiger charge is -2.31. The van der Waals surface area contributed by atoms with E-state index in [1.807, 2.05) is 11.7 Å². The molecule has 1 fully saturated rings. The third kappa shape index (κ3) is 3.58. The number of halogens is 2. The van der Waals surface area contributed by atoms with Crippen LogP contribution in [0.15, 0.2) is 6.20 Å². The van der Waals surface area contributed by atoms with Crippen molar-refractivity contribution in [3.8, 4) is 0 Å². The van der Waals surface area contributed by atoms with Gasteiger partial charge in [0.15, 0.2) is 0 Å². The predicted octanol–water partition coefficient (Wildman–Crippen LogP) is 1.68. The minimum atomic E-state index is 0. The number of nitrogens with zero attached hydrogens (tertiary/aromatic N) is 3. The van der Waals surface area contributed by atoms with E-state index in [1.54, 1.807) is 6.20 Å². The van der Waals surface area contributed by atoms with E-state index in [9.17, 15) is 0 Å². The average Bonchev–Trinajstić information content (AvgIpc) is 2.62. The molecule has 1 aromatic heterocycles. The van der Waals surface area contributed by atoms with Crippen molar-refractivity contribution in [2.45, 2.75) is 25.4 Å². The highest BCUT2D eigenvalue weighted by atomic mass is 35.5. The first-order valence-electron chi connectivity index (χ1n) is 5.76. The summed E-state index contributed by atoms with van der Waals surface area (Å²) < 4.78 is 1.86. The van der Waals surface area contributed by atoms with Crippen LogP contribution in [-0.4, -0.2) is 40.9 Å². The summed E-state index contributed by atoms with van der Waals surface area (Å²) in [7, 11) is 4.11. The Bertz CT molecular complexity index is 328. The molecule has 17 heavy (non-hydrogen) atoms. The molecule has 1 aliphatic heterocycles. The van der Waals surface area contributed by atoms with E-state index in [-0.39, 0.29) is 12.4 Å². The van der Waals surface area contributed by atoms with E-state index in [0.29, 0.717) is 6.04 Å². The lowest BCUT2D eigenvalue weighted by atomic mass is 10.1. The Morgan fingerprint density at radius 2 is 2.18 bits per heavy atom. The van der Waals surface area contributed by atoms with Crippen LogP contribution in [-0.2, 0) is 13.6 Å². The molecule has 0 atom stereocenters. The molecule has 0 spiro atoms. The fourth-order valence-electron chi connectivity index (χ4n) is 2.23. The van der Waals surface area contributed by atoms with Crippen LogP contribution < -0.4 is 5.32 Å². The van der Waals surface area contributed by atoms with Crippen LogP contribution in [0.4, 0.5) is 0 Å². The topological polar surface area (TPSA) is 33.1 Å². The highest BCUT2D eigenvalue weighted by Gasteiger charge is 2.19. The Kier molecular flexibility index (Phi) is 5.73. The van der Waals surface area contributed by atoms with Crippen LogP contribution in [0, 0.1) is 0 Å². The summed E-state index contributed by atoms with van der Waals surface area (Å²) in [4.78, 5) is 2.38. The molecule has 1 aliphatic rings. The average molecular weight is 279 g/mol. The van der Waals surface area contributed by atoms with E-state index in [4.69, 9.17) is 11.6 Å². The highest BCUT2D eigenvalue weighted by Crippen LogP contribution is 2.18. The van der Waals surface area contributed by atoms with Gasteiger partial charge in [-0.15, -0.1) is 12.4 Å². The van der Waals surface area contributed by atoms with Crippen LogP contribution >= 0.6 is 24.0 Å². The lowest BCUT2D eigenvalue weighted by Crippen LogP contribution is -2.41. The second kappa shape index (κ2) is 6.59. The monoisotopic (exact) mass is 278 g/mol. The third-order valence-electron chi connectivity index (χ3n) is 3.34. The summed E-state index contributed by atoms with van der Waals surface area (Å²) in [6, 6.07) is 0.659. The van der Waals surface area contributed by atoms with Crippen LogP contribution in [0.25, 0.3) is 0 Å². The molecule has 1 saturated heterocycles. The van der Waals surface area contributed by atoms with E-state index in [0.717, 1.165) is 30.4 Å². The standard InChI is InChI=1S/C11H19ClN4.ClH/c1-15(9-3-5-13-6-4-9)8-11-10(12)7-14-16(11)2;/h7,9,13H,3-6,8H2,1-2H3;1H. The molecule has 0 radical (unpaired) electrons. The largest absolute Gasteiger partial charge is 0.317 e. The molecule has 1 aromatic rings. The van der Waals surface area contributed by atoms with Gasteiger partial charge in [0, 0.05) is 19.6 Å². The number of hydrogen-bond donors (Lipinski definition) is 1. The molecule has 0 amide bonds. The van der Waals surface area contributed by atoms with Crippen molar-refractivity contribution >= 4 is 24.0 Å². The summed E-state index contributed by atoms with van der Waals surface area (Å²) in [5.41, 5.74) is 1.10. The minimum absolute atomic E-state index is 0. The number of hydrogen-bond acceptors (Lipinski definition) is 3. The second-order valence-electron chi connectivity index (χ2n) is 4.46. The van der Waals surface area contributed by atoms with Gasteiger partial charge in [-0.05, 0) is 33.0 Å². The second-order valence-corrected chi connectivity index (χ2v) is 4.87. The maximum Gasteiger partial charge on any atom is 0.0831 e. The summed E-state index contributed by atoms with van der Waals surface area (Å²) in [6.45, 7) is 3.11. The molecular weight excluding hydrogens is 259 g/mol. The minimum Gasteiger partial charge on any atom is -0.317 e. The maximum atomic E-state index is 6.11. The van der Waals surface area contributed by atoms with Crippen LogP contribution in [0.2, 0.25) is 5.02 Å². The Labute approximate surface area is 114 Å². The van der Waals surface area contributed by atoms with Crippen molar-refractivity contribution < 1.29 is 0 Å². The molecule has 0 aliphatic carbocycles. The molecule has 0 saturated carbocycles. The molecule has 6 heteroatoms. The van der Waals surface area contributed by atoms with Gasteiger partial charge in [0.1, 0.15) is 0 Å². The molecular formula is C11H20Cl2N4. The first-order chi connectivity index (χ1) is 7.68. The maximum absolute atomic E-state index is 6.11. The summed E-state index contributed by atoms with van der Waals surface area (Å²) >= 11 is 6.11. The molecule has 0 bridgehead atoms. The van der Waals surface area contributed by atoms with E-state index >= 15 is 0 Å². The summed E-state index contributed by atoms with van der Waals surface area (Å²) in [6.07, 6.45) is 4.14. The van der Waals surface area contributed by atoms with Crippen molar-refractivity contribution in [1.82, 2.24) is 20.0 Å². The molecule has 98 valence electrons. The lowest BCUT2D eigenvalue weighted by molar-refractivity contribution is 0.188. The van der Waals surface area contributed by atoms with Crippen molar-refractivity contribution in [1.29, 1.82) is 0 Å². The van der Waals surface area contributed by atoms with Crippen LogP contribution in [0.3, 0.4) is 0 Å². The van der Waals surface area contributed by atoms with Gasteiger partial charge < -0.3 is 5.32 Å². The first kappa shape index (κ1) is 14.8. The summed E-state index contributed by atoms with van der Waals surface area (Å²) in [5, 5.41) is 8.31. The molecule has 2 heterocycles. The molecule has 0 unspecified atom stereocenters. The van der Waals surface area contributed by atoms with Crippen molar-refractivity contribution in [3.63, 3.8) is 0 Å². The van der Waals surface area contributed by atoms with E-state index < -0.39 is 0 Å². The van der Waals surface area contributed by atoms with Gasteiger partial charge in [-0.2, -0.15) is 5.10 Å². The fraction of sp³-hybridized carbons (Fsp3) is 0.727. The van der Waals surface area contributed by atoms with Gasteiger partial charge >= 0.3 is 0 Å².